The number of anilines is 1. The fraction of sp³-hybridized carbons (Fsp3) is 0.286. The van der Waals surface area contributed by atoms with E-state index in [0.717, 1.165) is 11.3 Å². The van der Waals surface area contributed by atoms with E-state index in [4.69, 9.17) is 19.5 Å². The number of benzene rings is 2. The zero-order valence-electron chi connectivity index (χ0n) is 21.8. The Morgan fingerprint density at radius 3 is 2.58 bits per heavy atom. The van der Waals surface area contributed by atoms with E-state index in [1.807, 2.05) is 49.3 Å². The van der Waals surface area contributed by atoms with Gasteiger partial charge in [-0.25, -0.2) is 9.79 Å². The molecule has 0 saturated carbocycles. The Kier molecular flexibility index (Phi) is 7.98. The van der Waals surface area contributed by atoms with Crippen LogP contribution in [0.25, 0.3) is 6.08 Å². The number of nitriles is 1. The van der Waals surface area contributed by atoms with Gasteiger partial charge in [-0.05, 0) is 55.3 Å². The Bertz CT molecular complexity index is 1610. The summed E-state index contributed by atoms with van der Waals surface area (Å²) in [6, 6.07) is 14.2. The normalized spacial score (nSPS) is 14.8. The van der Waals surface area contributed by atoms with E-state index in [1.165, 1.54) is 18.4 Å². The predicted octanol–water partition coefficient (Wildman–Crippen LogP) is 2.78. The Balaban J connectivity index is 1.87. The molecule has 0 unspecified atom stereocenters. The van der Waals surface area contributed by atoms with E-state index in [9.17, 15) is 9.59 Å². The van der Waals surface area contributed by atoms with Crippen LogP contribution in [0, 0.1) is 11.3 Å². The molecule has 4 rings (SSSR count). The number of aromatic nitrogens is 1. The van der Waals surface area contributed by atoms with Gasteiger partial charge < -0.3 is 19.1 Å². The van der Waals surface area contributed by atoms with Gasteiger partial charge in [0.15, 0.2) is 22.9 Å². The number of nitrogens with zero attached hydrogens (tertiary/aromatic N) is 4. The summed E-state index contributed by atoms with van der Waals surface area (Å²) < 4.78 is 18.2. The fourth-order valence-corrected chi connectivity index (χ4v) is 5.26. The van der Waals surface area contributed by atoms with Crippen molar-refractivity contribution in [3.63, 3.8) is 0 Å². The molecular weight excluding hydrogens is 504 g/mol. The van der Waals surface area contributed by atoms with E-state index in [1.54, 1.807) is 42.7 Å². The van der Waals surface area contributed by atoms with Crippen LogP contribution in [0.4, 0.5) is 5.69 Å². The first-order chi connectivity index (χ1) is 18.3. The Morgan fingerprint density at radius 2 is 1.95 bits per heavy atom. The van der Waals surface area contributed by atoms with Crippen molar-refractivity contribution in [2.75, 3.05) is 39.3 Å². The number of ether oxygens (including phenoxy) is 3. The summed E-state index contributed by atoms with van der Waals surface area (Å²) in [7, 11) is 5.40. The first kappa shape index (κ1) is 26.7. The summed E-state index contributed by atoms with van der Waals surface area (Å²) in [6.07, 6.45) is 1.75. The number of esters is 1. The van der Waals surface area contributed by atoms with Gasteiger partial charge in [-0.1, -0.05) is 29.5 Å². The topological polar surface area (TPSA) is 106 Å². The molecular formula is C28H28N4O5S. The van der Waals surface area contributed by atoms with Crippen molar-refractivity contribution in [1.82, 2.24) is 4.57 Å². The molecule has 1 aliphatic rings. The van der Waals surface area contributed by atoms with Gasteiger partial charge in [-0.15, -0.1) is 0 Å². The van der Waals surface area contributed by atoms with Gasteiger partial charge in [-0.2, -0.15) is 5.26 Å². The van der Waals surface area contributed by atoms with Gasteiger partial charge in [0.05, 0.1) is 35.6 Å². The van der Waals surface area contributed by atoms with E-state index in [2.05, 4.69) is 4.99 Å². The van der Waals surface area contributed by atoms with E-state index < -0.39 is 12.0 Å². The van der Waals surface area contributed by atoms with Crippen molar-refractivity contribution in [2.45, 2.75) is 19.9 Å². The van der Waals surface area contributed by atoms with Crippen LogP contribution in [0.5, 0.6) is 11.5 Å². The minimum absolute atomic E-state index is 0.105. The van der Waals surface area contributed by atoms with Crippen LogP contribution in [0.3, 0.4) is 0 Å². The summed E-state index contributed by atoms with van der Waals surface area (Å²) in [4.78, 5) is 33.9. The van der Waals surface area contributed by atoms with Crippen molar-refractivity contribution in [3.8, 4) is 17.6 Å². The highest BCUT2D eigenvalue weighted by Crippen LogP contribution is 2.32. The van der Waals surface area contributed by atoms with Gasteiger partial charge in [0.1, 0.15) is 6.07 Å². The maximum Gasteiger partial charge on any atom is 0.338 e. The number of hydrogen-bond acceptors (Lipinski definition) is 9. The number of methoxy groups -OCH3 is 1. The van der Waals surface area contributed by atoms with E-state index in [-0.39, 0.29) is 18.8 Å². The number of carbonyl (C=O) groups excluding carboxylic acids is 1. The van der Waals surface area contributed by atoms with Crippen molar-refractivity contribution in [1.29, 1.82) is 5.26 Å². The average molecular weight is 533 g/mol. The quantitative estimate of drug-likeness (QED) is 0.411. The van der Waals surface area contributed by atoms with Gasteiger partial charge in [0, 0.05) is 19.8 Å². The van der Waals surface area contributed by atoms with Gasteiger partial charge >= 0.3 is 5.97 Å². The summed E-state index contributed by atoms with van der Waals surface area (Å²) in [5, 5.41) is 8.79. The lowest BCUT2D eigenvalue weighted by Crippen LogP contribution is -2.39. The lowest BCUT2D eigenvalue weighted by molar-refractivity contribution is -0.139. The third-order valence-electron chi connectivity index (χ3n) is 6.02. The summed E-state index contributed by atoms with van der Waals surface area (Å²) in [5.74, 6) is 0.381. The molecule has 1 aromatic heterocycles. The molecule has 0 saturated heterocycles. The molecule has 0 amide bonds. The Morgan fingerprint density at radius 1 is 1.21 bits per heavy atom. The molecule has 1 aliphatic heterocycles. The molecule has 2 aromatic carbocycles. The maximum absolute atomic E-state index is 13.8. The number of hydrogen-bond donors (Lipinski definition) is 0. The molecule has 3 aromatic rings. The lowest BCUT2D eigenvalue weighted by atomic mass is 9.95. The summed E-state index contributed by atoms with van der Waals surface area (Å²) in [6.45, 7) is 3.61. The first-order valence-corrected chi connectivity index (χ1v) is 12.7. The number of rotatable bonds is 8. The third-order valence-corrected chi connectivity index (χ3v) is 7.00. The molecule has 1 atom stereocenters. The minimum atomic E-state index is -0.681. The first-order valence-electron chi connectivity index (χ1n) is 11.9. The molecule has 2 heterocycles. The second-order valence-corrected chi connectivity index (χ2v) is 9.65. The zero-order chi connectivity index (χ0) is 27.4. The number of allylic oxidation sites excluding steroid dienone is 1. The van der Waals surface area contributed by atoms with Crippen LogP contribution < -0.4 is 29.3 Å². The molecule has 9 nitrogen and oxygen atoms in total. The average Bonchev–Trinajstić information content (AvgIpc) is 3.21. The van der Waals surface area contributed by atoms with E-state index in [0.29, 0.717) is 37.7 Å². The highest BCUT2D eigenvalue weighted by molar-refractivity contribution is 7.07. The maximum atomic E-state index is 13.8. The van der Waals surface area contributed by atoms with E-state index >= 15 is 0 Å². The molecule has 0 fully saturated rings. The van der Waals surface area contributed by atoms with Crippen LogP contribution in [0.2, 0.25) is 0 Å². The fourth-order valence-electron chi connectivity index (χ4n) is 4.22. The van der Waals surface area contributed by atoms with Gasteiger partial charge in [-0.3, -0.25) is 9.36 Å². The smallest absolute Gasteiger partial charge is 0.338 e. The van der Waals surface area contributed by atoms with Gasteiger partial charge in [0.25, 0.3) is 5.56 Å². The van der Waals surface area contributed by atoms with Crippen LogP contribution >= 0.6 is 11.3 Å². The number of fused-ring (bicyclic) bond motifs is 1. The Hall–Kier alpha value is -4.36. The molecule has 38 heavy (non-hydrogen) atoms. The van der Waals surface area contributed by atoms with Crippen LogP contribution in [-0.4, -0.2) is 45.0 Å². The van der Waals surface area contributed by atoms with Gasteiger partial charge in [0.2, 0.25) is 0 Å². The molecule has 0 N–H and O–H groups in total. The number of carbonyl (C=O) groups is 1. The largest absolute Gasteiger partial charge is 0.493 e. The third kappa shape index (κ3) is 5.19. The summed E-state index contributed by atoms with van der Waals surface area (Å²) in [5.41, 5.74) is 3.07. The Labute approximate surface area is 224 Å². The number of thiazole rings is 1. The molecule has 0 radical (unpaired) electrons. The highest BCUT2D eigenvalue weighted by atomic mass is 32.1. The zero-order valence-corrected chi connectivity index (χ0v) is 22.7. The van der Waals surface area contributed by atoms with Crippen molar-refractivity contribution in [2.24, 2.45) is 4.99 Å². The van der Waals surface area contributed by atoms with Crippen LogP contribution in [0.1, 0.15) is 31.0 Å². The highest BCUT2D eigenvalue weighted by Gasteiger charge is 2.33. The lowest BCUT2D eigenvalue weighted by Gasteiger charge is -2.25. The van der Waals surface area contributed by atoms with Crippen molar-refractivity contribution >= 4 is 29.1 Å². The standard InChI is InChI=1S/C28H28N4O5S/c1-6-36-27(34)24-17(2)30-28-32(25(24)19-8-10-20(11-9-19)31(3)4)26(33)23(38-28)16-18-7-12-21(37-14-13-29)22(15-18)35-5/h7-12,15-16,25H,6,14H2,1-5H3/b23-16-/t25-/m0/s1. The molecule has 0 aliphatic carbocycles. The van der Waals surface area contributed by atoms with Crippen molar-refractivity contribution in [3.05, 3.63) is 84.5 Å². The monoisotopic (exact) mass is 532 g/mol. The molecule has 0 bridgehead atoms. The summed E-state index contributed by atoms with van der Waals surface area (Å²) >= 11 is 1.24. The van der Waals surface area contributed by atoms with Crippen molar-refractivity contribution < 1.29 is 19.0 Å². The van der Waals surface area contributed by atoms with Crippen LogP contribution in [0.15, 0.2) is 63.5 Å². The molecule has 10 heteroatoms. The van der Waals surface area contributed by atoms with Crippen LogP contribution in [-0.2, 0) is 9.53 Å². The minimum Gasteiger partial charge on any atom is -0.493 e. The predicted molar refractivity (Wildman–Crippen MR) is 145 cm³/mol. The molecule has 0 spiro atoms. The second kappa shape index (κ2) is 11.4. The molecule has 196 valence electrons. The SMILES string of the molecule is CCOC(=O)C1=C(C)N=c2s/c(=C\c3ccc(OCC#N)c(OC)c3)c(=O)n2[C@H]1c1ccc(N(C)C)cc1. The second-order valence-electron chi connectivity index (χ2n) is 8.65.